The number of likely N-dealkylation sites (tertiary alicyclic amines) is 1. The van der Waals surface area contributed by atoms with Crippen molar-refractivity contribution in [3.05, 3.63) is 11.6 Å². The van der Waals surface area contributed by atoms with Crippen LogP contribution in [0.25, 0.3) is 0 Å². The molecule has 2 rings (SSSR count). The van der Waals surface area contributed by atoms with Crippen LogP contribution in [-0.2, 0) is 0 Å². The molecule has 5 nitrogen and oxygen atoms in total. The summed E-state index contributed by atoms with van der Waals surface area (Å²) in [7, 11) is 0. The third kappa shape index (κ3) is 1.86. The van der Waals surface area contributed by atoms with E-state index in [1.807, 2.05) is 4.90 Å². The highest BCUT2D eigenvalue weighted by molar-refractivity contribution is 5.90. The largest absolute Gasteiger partial charge is 0.333 e. The predicted molar refractivity (Wildman–Crippen MR) is 55.4 cm³/mol. The number of rotatable bonds is 1. The summed E-state index contributed by atoms with van der Waals surface area (Å²) in [6, 6.07) is 0.298. The Morgan fingerprint density at radius 1 is 1.53 bits per heavy atom. The van der Waals surface area contributed by atoms with Crippen LogP contribution in [0, 0.1) is 12.8 Å². The highest BCUT2D eigenvalue weighted by Gasteiger charge is 2.32. The average molecular weight is 208 g/mol. The quantitative estimate of drug-likeness (QED) is 0.748. The van der Waals surface area contributed by atoms with E-state index in [0.717, 1.165) is 13.0 Å². The lowest BCUT2D eigenvalue weighted by Gasteiger charge is -2.19. The van der Waals surface area contributed by atoms with E-state index in [9.17, 15) is 4.79 Å². The number of nitrogens with one attached hydrogen (secondary N) is 1. The number of amides is 1. The second-order valence-corrected chi connectivity index (χ2v) is 4.39. The Labute approximate surface area is 88.9 Å². The molecule has 0 radical (unpaired) electrons. The fourth-order valence-electron chi connectivity index (χ4n) is 2.15. The predicted octanol–water partition coefficient (Wildman–Crippen LogP) is 0.984. The van der Waals surface area contributed by atoms with Gasteiger partial charge in [-0.15, -0.1) is 5.10 Å². The number of hydrogen-bond acceptors (Lipinski definition) is 3. The molecule has 2 atom stereocenters. The van der Waals surface area contributed by atoms with Gasteiger partial charge in [0.05, 0.1) is 0 Å². The van der Waals surface area contributed by atoms with Crippen molar-refractivity contribution < 1.29 is 4.79 Å². The molecule has 0 saturated carbocycles. The minimum atomic E-state index is -0.0591. The first-order valence-corrected chi connectivity index (χ1v) is 5.28. The van der Waals surface area contributed by atoms with Crippen LogP contribution in [0.15, 0.2) is 0 Å². The molecule has 0 bridgehead atoms. The molecule has 0 aliphatic carbocycles. The van der Waals surface area contributed by atoms with Gasteiger partial charge in [-0.25, -0.2) is 4.98 Å². The minimum absolute atomic E-state index is 0.0591. The standard InChI is InChI=1S/C10H16N4O/c1-6-4-7(2)14(5-6)10(15)9-11-8(3)12-13-9/h6-7H,4-5H2,1-3H3,(H,11,12,13). The molecule has 1 aromatic heterocycles. The van der Waals surface area contributed by atoms with Crippen LogP contribution >= 0.6 is 0 Å². The van der Waals surface area contributed by atoms with Crippen LogP contribution in [0.1, 0.15) is 36.7 Å². The SMILES string of the molecule is Cc1nc(C(=O)N2CC(C)CC2C)n[nH]1. The van der Waals surface area contributed by atoms with Crippen LogP contribution in [0.3, 0.4) is 0 Å². The van der Waals surface area contributed by atoms with Crippen molar-refractivity contribution in [3.63, 3.8) is 0 Å². The average Bonchev–Trinajstić information content (AvgIpc) is 2.71. The Morgan fingerprint density at radius 2 is 2.27 bits per heavy atom. The van der Waals surface area contributed by atoms with Gasteiger partial charge >= 0.3 is 0 Å². The number of hydrogen-bond donors (Lipinski definition) is 1. The summed E-state index contributed by atoms with van der Waals surface area (Å²) in [6.07, 6.45) is 1.06. The van der Waals surface area contributed by atoms with Gasteiger partial charge in [0, 0.05) is 12.6 Å². The van der Waals surface area contributed by atoms with Crippen molar-refractivity contribution >= 4 is 5.91 Å². The summed E-state index contributed by atoms with van der Waals surface area (Å²) in [6.45, 7) is 6.83. The number of H-pyrrole nitrogens is 1. The first-order valence-electron chi connectivity index (χ1n) is 5.28. The lowest BCUT2D eigenvalue weighted by Crippen LogP contribution is -2.34. The molecule has 1 N–H and O–H groups in total. The van der Waals surface area contributed by atoms with Crippen molar-refractivity contribution in [1.29, 1.82) is 0 Å². The number of nitrogens with zero attached hydrogens (tertiary/aromatic N) is 3. The van der Waals surface area contributed by atoms with E-state index in [4.69, 9.17) is 0 Å². The fourth-order valence-corrected chi connectivity index (χ4v) is 2.15. The number of carbonyl (C=O) groups is 1. The third-order valence-electron chi connectivity index (χ3n) is 2.83. The molecular weight excluding hydrogens is 192 g/mol. The van der Waals surface area contributed by atoms with Crippen molar-refractivity contribution in [2.75, 3.05) is 6.54 Å². The maximum atomic E-state index is 12.0. The van der Waals surface area contributed by atoms with Crippen LogP contribution in [0.2, 0.25) is 0 Å². The first-order chi connectivity index (χ1) is 7.08. The van der Waals surface area contributed by atoms with E-state index in [1.54, 1.807) is 6.92 Å². The van der Waals surface area contributed by atoms with Gasteiger partial charge in [-0.05, 0) is 26.2 Å². The molecule has 1 fully saturated rings. The second-order valence-electron chi connectivity index (χ2n) is 4.39. The molecule has 1 aliphatic rings. The van der Waals surface area contributed by atoms with Crippen LogP contribution in [0.4, 0.5) is 0 Å². The van der Waals surface area contributed by atoms with E-state index >= 15 is 0 Å². The normalized spacial score (nSPS) is 25.9. The van der Waals surface area contributed by atoms with E-state index in [0.29, 0.717) is 17.8 Å². The van der Waals surface area contributed by atoms with Crippen molar-refractivity contribution in [3.8, 4) is 0 Å². The second kappa shape index (κ2) is 3.64. The molecular formula is C10H16N4O. The van der Waals surface area contributed by atoms with Gasteiger partial charge in [0.2, 0.25) is 5.82 Å². The van der Waals surface area contributed by atoms with Gasteiger partial charge < -0.3 is 4.90 Å². The fraction of sp³-hybridized carbons (Fsp3) is 0.700. The number of carbonyl (C=O) groups excluding carboxylic acids is 1. The Hall–Kier alpha value is -1.39. The Bertz CT molecular complexity index is 373. The zero-order valence-electron chi connectivity index (χ0n) is 9.32. The van der Waals surface area contributed by atoms with Gasteiger partial charge in [0.1, 0.15) is 5.82 Å². The Kier molecular flexibility index (Phi) is 2.46. The number of aromatic amines is 1. The smallest absolute Gasteiger partial charge is 0.293 e. The summed E-state index contributed by atoms with van der Waals surface area (Å²) >= 11 is 0. The summed E-state index contributed by atoms with van der Waals surface area (Å²) in [5.74, 6) is 1.48. The van der Waals surface area contributed by atoms with E-state index in [-0.39, 0.29) is 11.7 Å². The van der Waals surface area contributed by atoms with Crippen LogP contribution in [0.5, 0.6) is 0 Å². The van der Waals surface area contributed by atoms with Gasteiger partial charge in [0.15, 0.2) is 0 Å². The summed E-state index contributed by atoms with van der Waals surface area (Å²) in [5.41, 5.74) is 0. The van der Waals surface area contributed by atoms with Gasteiger partial charge in [0.25, 0.3) is 5.91 Å². The first kappa shape index (κ1) is 10.1. The maximum Gasteiger partial charge on any atom is 0.293 e. The van der Waals surface area contributed by atoms with Crippen LogP contribution < -0.4 is 0 Å². The molecule has 0 spiro atoms. The lowest BCUT2D eigenvalue weighted by atomic mass is 10.1. The summed E-state index contributed by atoms with van der Waals surface area (Å²) < 4.78 is 0. The van der Waals surface area contributed by atoms with E-state index in [2.05, 4.69) is 29.0 Å². The van der Waals surface area contributed by atoms with Crippen LogP contribution in [-0.4, -0.2) is 38.6 Å². The summed E-state index contributed by atoms with van der Waals surface area (Å²) in [5, 5.41) is 6.58. The molecule has 1 saturated heterocycles. The molecule has 1 amide bonds. The maximum absolute atomic E-state index is 12.0. The third-order valence-corrected chi connectivity index (χ3v) is 2.83. The highest BCUT2D eigenvalue weighted by atomic mass is 16.2. The summed E-state index contributed by atoms with van der Waals surface area (Å²) in [4.78, 5) is 17.9. The Morgan fingerprint density at radius 3 is 2.73 bits per heavy atom. The van der Waals surface area contributed by atoms with E-state index < -0.39 is 0 Å². The molecule has 5 heteroatoms. The Balaban J connectivity index is 2.15. The van der Waals surface area contributed by atoms with Gasteiger partial charge in [-0.1, -0.05) is 6.92 Å². The lowest BCUT2D eigenvalue weighted by molar-refractivity contribution is 0.0732. The molecule has 15 heavy (non-hydrogen) atoms. The molecule has 2 heterocycles. The monoisotopic (exact) mass is 208 g/mol. The van der Waals surface area contributed by atoms with Gasteiger partial charge in [-0.3, -0.25) is 9.89 Å². The van der Waals surface area contributed by atoms with E-state index in [1.165, 1.54) is 0 Å². The molecule has 82 valence electrons. The molecule has 2 unspecified atom stereocenters. The van der Waals surface area contributed by atoms with Gasteiger partial charge in [-0.2, -0.15) is 0 Å². The van der Waals surface area contributed by atoms with Crippen molar-refractivity contribution in [2.45, 2.75) is 33.2 Å². The topological polar surface area (TPSA) is 61.9 Å². The zero-order chi connectivity index (χ0) is 11.0. The molecule has 1 aromatic rings. The highest BCUT2D eigenvalue weighted by Crippen LogP contribution is 2.23. The zero-order valence-corrected chi connectivity index (χ0v) is 9.32. The molecule has 1 aliphatic heterocycles. The number of aryl methyl sites for hydroxylation is 1. The minimum Gasteiger partial charge on any atom is -0.333 e. The van der Waals surface area contributed by atoms with Crippen molar-refractivity contribution in [2.24, 2.45) is 5.92 Å². The number of aromatic nitrogens is 3. The molecule has 0 aromatic carbocycles. The van der Waals surface area contributed by atoms with Crippen molar-refractivity contribution in [1.82, 2.24) is 20.1 Å².